The van der Waals surface area contributed by atoms with E-state index in [1.807, 2.05) is 19.1 Å². The first-order valence-corrected chi connectivity index (χ1v) is 7.08. The number of hydrogen-bond acceptors (Lipinski definition) is 2. The molecule has 1 aromatic carbocycles. The molecule has 1 aromatic heterocycles. The minimum atomic E-state index is -3.39. The Kier molecular flexibility index (Phi) is 2.12. The third-order valence-electron chi connectivity index (χ3n) is 3.22. The summed E-state index contributed by atoms with van der Waals surface area (Å²) >= 11 is 0. The lowest BCUT2D eigenvalue weighted by Crippen LogP contribution is -2.34. The first kappa shape index (κ1) is 10.8. The zero-order chi connectivity index (χ0) is 12.1. The Hall–Kier alpha value is -1.33. The third-order valence-corrected chi connectivity index (χ3v) is 4.85. The van der Waals surface area contributed by atoms with Gasteiger partial charge in [0.2, 0.25) is 10.0 Å². The molecule has 0 unspecified atom stereocenters. The lowest BCUT2D eigenvalue weighted by molar-refractivity contribution is 0.558. The van der Waals surface area contributed by atoms with Crippen LogP contribution in [0.3, 0.4) is 0 Å². The molecule has 4 nitrogen and oxygen atoms in total. The standard InChI is InChI=1S/C12H14N2O2S/c1-12(5-6-12)14-17(15,16)10-3-2-9-4-7-13-11(9)8-10/h2-4,7-8,13-14H,5-6H2,1H3. The van der Waals surface area contributed by atoms with Crippen LogP contribution in [0.25, 0.3) is 10.9 Å². The molecule has 1 aliphatic carbocycles. The Balaban J connectivity index is 2.01. The van der Waals surface area contributed by atoms with Crippen LogP contribution in [-0.2, 0) is 10.0 Å². The van der Waals surface area contributed by atoms with E-state index in [9.17, 15) is 8.42 Å². The largest absolute Gasteiger partial charge is 0.361 e. The fourth-order valence-electron chi connectivity index (χ4n) is 1.87. The van der Waals surface area contributed by atoms with E-state index in [1.54, 1.807) is 18.3 Å². The van der Waals surface area contributed by atoms with Crippen LogP contribution < -0.4 is 4.72 Å². The first-order valence-electron chi connectivity index (χ1n) is 5.60. The Bertz CT molecular complexity index is 669. The van der Waals surface area contributed by atoms with Crippen molar-refractivity contribution in [1.82, 2.24) is 9.71 Å². The Labute approximate surface area is 100 Å². The van der Waals surface area contributed by atoms with Gasteiger partial charge in [-0.15, -0.1) is 0 Å². The third kappa shape index (κ3) is 1.96. The highest BCUT2D eigenvalue weighted by Gasteiger charge is 2.41. The summed E-state index contributed by atoms with van der Waals surface area (Å²) in [6, 6.07) is 7.05. The van der Waals surface area contributed by atoms with Crippen molar-refractivity contribution in [2.24, 2.45) is 0 Å². The number of fused-ring (bicyclic) bond motifs is 1. The highest BCUT2D eigenvalue weighted by molar-refractivity contribution is 7.89. The fraction of sp³-hybridized carbons (Fsp3) is 0.333. The van der Waals surface area contributed by atoms with E-state index in [-0.39, 0.29) is 5.54 Å². The molecule has 3 rings (SSSR count). The van der Waals surface area contributed by atoms with Gasteiger partial charge in [0.1, 0.15) is 0 Å². The maximum Gasteiger partial charge on any atom is 0.241 e. The summed E-state index contributed by atoms with van der Waals surface area (Å²) < 4.78 is 27.0. The highest BCUT2D eigenvalue weighted by atomic mass is 32.2. The normalized spacial score (nSPS) is 18.4. The van der Waals surface area contributed by atoms with Gasteiger partial charge in [-0.3, -0.25) is 0 Å². The number of benzene rings is 1. The van der Waals surface area contributed by atoms with Crippen molar-refractivity contribution in [3.8, 4) is 0 Å². The average Bonchev–Trinajstić information content (AvgIpc) is 2.81. The van der Waals surface area contributed by atoms with Crippen LogP contribution in [0, 0.1) is 0 Å². The van der Waals surface area contributed by atoms with Crippen molar-refractivity contribution in [3.05, 3.63) is 30.5 Å². The zero-order valence-corrected chi connectivity index (χ0v) is 10.3. The SMILES string of the molecule is CC1(NS(=O)(=O)c2ccc3cc[nH]c3c2)CC1. The predicted octanol–water partition coefficient (Wildman–Crippen LogP) is 2.00. The number of hydrogen-bond donors (Lipinski definition) is 2. The molecule has 0 aliphatic heterocycles. The smallest absolute Gasteiger partial charge is 0.241 e. The molecule has 0 atom stereocenters. The maximum atomic E-state index is 12.1. The van der Waals surface area contributed by atoms with Crippen molar-refractivity contribution >= 4 is 20.9 Å². The molecule has 1 aliphatic rings. The number of rotatable bonds is 3. The van der Waals surface area contributed by atoms with Gasteiger partial charge in [-0.1, -0.05) is 6.07 Å². The second-order valence-electron chi connectivity index (χ2n) is 4.89. The Morgan fingerprint density at radius 2 is 2.06 bits per heavy atom. The van der Waals surface area contributed by atoms with Crippen molar-refractivity contribution in [2.75, 3.05) is 0 Å². The molecule has 5 heteroatoms. The molecule has 1 fully saturated rings. The van der Waals surface area contributed by atoms with Crippen molar-refractivity contribution in [2.45, 2.75) is 30.2 Å². The lowest BCUT2D eigenvalue weighted by Gasteiger charge is -2.12. The molecule has 0 amide bonds. The van der Waals surface area contributed by atoms with Gasteiger partial charge in [-0.2, -0.15) is 0 Å². The number of nitrogens with one attached hydrogen (secondary N) is 2. The van der Waals surface area contributed by atoms with Gasteiger partial charge >= 0.3 is 0 Å². The highest BCUT2D eigenvalue weighted by Crippen LogP contribution is 2.36. The molecule has 2 aromatic rings. The predicted molar refractivity (Wildman–Crippen MR) is 66.3 cm³/mol. The molecule has 1 saturated carbocycles. The van der Waals surface area contributed by atoms with Gasteiger partial charge in [0, 0.05) is 17.3 Å². The van der Waals surface area contributed by atoms with E-state index in [0.717, 1.165) is 23.7 Å². The zero-order valence-electron chi connectivity index (χ0n) is 9.53. The molecular weight excluding hydrogens is 236 g/mol. The number of H-pyrrole nitrogens is 1. The van der Waals surface area contributed by atoms with E-state index in [4.69, 9.17) is 0 Å². The Morgan fingerprint density at radius 3 is 2.76 bits per heavy atom. The molecule has 0 spiro atoms. The van der Waals surface area contributed by atoms with E-state index in [0.29, 0.717) is 4.90 Å². The van der Waals surface area contributed by atoms with Crippen LogP contribution in [-0.4, -0.2) is 18.9 Å². The number of sulfonamides is 1. The summed E-state index contributed by atoms with van der Waals surface area (Å²) in [6.45, 7) is 1.93. The van der Waals surface area contributed by atoms with E-state index in [2.05, 4.69) is 9.71 Å². The van der Waals surface area contributed by atoms with Gasteiger partial charge in [0.15, 0.2) is 0 Å². The van der Waals surface area contributed by atoms with Crippen LogP contribution >= 0.6 is 0 Å². The maximum absolute atomic E-state index is 12.1. The average molecular weight is 250 g/mol. The van der Waals surface area contributed by atoms with Gasteiger partial charge in [-0.25, -0.2) is 13.1 Å². The van der Waals surface area contributed by atoms with Crippen molar-refractivity contribution in [1.29, 1.82) is 0 Å². The van der Waals surface area contributed by atoms with Gasteiger partial charge in [0.05, 0.1) is 4.90 Å². The van der Waals surface area contributed by atoms with Crippen molar-refractivity contribution < 1.29 is 8.42 Å². The summed E-state index contributed by atoms with van der Waals surface area (Å²) in [6.07, 6.45) is 3.63. The summed E-state index contributed by atoms with van der Waals surface area (Å²) in [5.41, 5.74) is 0.609. The van der Waals surface area contributed by atoms with Crippen LogP contribution in [0.15, 0.2) is 35.4 Å². The molecule has 2 N–H and O–H groups in total. The second-order valence-corrected chi connectivity index (χ2v) is 6.58. The molecular formula is C12H14N2O2S. The summed E-state index contributed by atoms with van der Waals surface area (Å²) in [7, 11) is -3.39. The lowest BCUT2D eigenvalue weighted by atomic mass is 10.2. The molecule has 0 bridgehead atoms. The quantitative estimate of drug-likeness (QED) is 0.875. The van der Waals surface area contributed by atoms with Crippen LogP contribution in [0.1, 0.15) is 19.8 Å². The van der Waals surface area contributed by atoms with Crippen molar-refractivity contribution in [3.63, 3.8) is 0 Å². The number of aromatic amines is 1. The minimum absolute atomic E-state index is 0.233. The summed E-state index contributed by atoms with van der Waals surface area (Å²) in [5.74, 6) is 0. The van der Waals surface area contributed by atoms with E-state index < -0.39 is 10.0 Å². The molecule has 0 saturated heterocycles. The van der Waals surface area contributed by atoms with Gasteiger partial charge in [0.25, 0.3) is 0 Å². The molecule has 0 radical (unpaired) electrons. The molecule has 1 heterocycles. The minimum Gasteiger partial charge on any atom is -0.361 e. The van der Waals surface area contributed by atoms with Crippen LogP contribution in [0.2, 0.25) is 0 Å². The topological polar surface area (TPSA) is 62.0 Å². The Morgan fingerprint density at radius 1 is 1.29 bits per heavy atom. The van der Waals surface area contributed by atoms with E-state index in [1.165, 1.54) is 0 Å². The summed E-state index contributed by atoms with van der Waals surface area (Å²) in [4.78, 5) is 3.34. The summed E-state index contributed by atoms with van der Waals surface area (Å²) in [5, 5.41) is 1.02. The first-order chi connectivity index (χ1) is 7.99. The monoisotopic (exact) mass is 250 g/mol. The fourth-order valence-corrected chi connectivity index (χ4v) is 3.36. The van der Waals surface area contributed by atoms with Gasteiger partial charge in [-0.05, 0) is 43.4 Å². The van der Waals surface area contributed by atoms with E-state index >= 15 is 0 Å². The van der Waals surface area contributed by atoms with Crippen LogP contribution in [0.4, 0.5) is 0 Å². The second kappa shape index (κ2) is 3.34. The van der Waals surface area contributed by atoms with Gasteiger partial charge < -0.3 is 4.98 Å². The number of aromatic nitrogens is 1. The molecule has 17 heavy (non-hydrogen) atoms. The molecule has 90 valence electrons. The van der Waals surface area contributed by atoms with Crippen LogP contribution in [0.5, 0.6) is 0 Å².